The van der Waals surface area contributed by atoms with Crippen LogP contribution in [0.5, 0.6) is 0 Å². The summed E-state index contributed by atoms with van der Waals surface area (Å²) in [5, 5.41) is 0.527. The number of hydrogen-bond acceptors (Lipinski definition) is 2. The minimum Gasteiger partial charge on any atom is -0.457 e. The maximum absolute atomic E-state index is 13.0. The third-order valence-electron chi connectivity index (χ3n) is 2.05. The minimum atomic E-state index is -0.511. The summed E-state index contributed by atoms with van der Waals surface area (Å²) in [5.74, 6) is -0.703. The molecule has 0 aliphatic rings. The average Bonchev–Trinajstić information content (AvgIpc) is 2.24. The summed E-state index contributed by atoms with van der Waals surface area (Å²) in [7, 11) is 0. The largest absolute Gasteiger partial charge is 0.457 e. The van der Waals surface area contributed by atoms with Crippen LogP contribution < -0.4 is 0 Å². The third kappa shape index (κ3) is 5.00. The summed E-state index contributed by atoms with van der Waals surface area (Å²) in [5.41, 5.74) is 1.07. The van der Waals surface area contributed by atoms with Crippen LogP contribution in [0, 0.1) is 5.82 Å². The predicted octanol–water partition coefficient (Wildman–Crippen LogP) is 4.08. The van der Waals surface area contributed by atoms with Crippen LogP contribution >= 0.6 is 15.9 Å². The van der Waals surface area contributed by atoms with Gasteiger partial charge in [-0.15, -0.1) is 0 Å². The molecule has 0 spiro atoms. The van der Waals surface area contributed by atoms with E-state index < -0.39 is 11.6 Å². The molecule has 0 amide bonds. The Labute approximate surface area is 115 Å². The van der Waals surface area contributed by atoms with Crippen LogP contribution in [-0.4, -0.2) is 11.6 Å². The number of benzene rings is 1. The number of ether oxygens (including phenoxy) is 1. The molecular weight excluding hydrogens is 299 g/mol. The summed E-state index contributed by atoms with van der Waals surface area (Å²) >= 11 is 3.28. The van der Waals surface area contributed by atoms with Crippen molar-refractivity contribution >= 4 is 28.0 Å². The van der Waals surface area contributed by atoms with Gasteiger partial charge in [-0.1, -0.05) is 22.0 Å². The van der Waals surface area contributed by atoms with E-state index in [1.807, 2.05) is 0 Å². The third-order valence-corrected chi connectivity index (χ3v) is 2.66. The first-order chi connectivity index (χ1) is 8.31. The Hall–Kier alpha value is -1.16. The van der Waals surface area contributed by atoms with E-state index in [4.69, 9.17) is 4.74 Å². The van der Waals surface area contributed by atoms with Crippen LogP contribution in [0.25, 0.3) is 6.08 Å². The van der Waals surface area contributed by atoms with E-state index in [1.54, 1.807) is 32.9 Å². The lowest BCUT2D eigenvalue weighted by molar-refractivity contribution is -0.148. The number of hydrogen-bond donors (Lipinski definition) is 0. The highest BCUT2D eigenvalue weighted by Gasteiger charge is 2.13. The summed E-state index contributed by atoms with van der Waals surface area (Å²) in [6, 6.07) is 4.43. The Morgan fingerprint density at radius 2 is 2.11 bits per heavy atom. The molecule has 0 fully saturated rings. The Balaban J connectivity index is 2.81. The van der Waals surface area contributed by atoms with Gasteiger partial charge >= 0.3 is 5.97 Å². The lowest BCUT2D eigenvalue weighted by Gasteiger charge is -2.17. The number of halogens is 2. The quantitative estimate of drug-likeness (QED) is 0.477. The van der Waals surface area contributed by atoms with E-state index >= 15 is 0 Å². The first kappa shape index (κ1) is 14.9. The van der Waals surface area contributed by atoms with Crippen LogP contribution in [0.15, 0.2) is 24.3 Å². The van der Waals surface area contributed by atoms with Crippen molar-refractivity contribution in [3.05, 3.63) is 41.2 Å². The van der Waals surface area contributed by atoms with Crippen LogP contribution in [0.4, 0.5) is 4.39 Å². The van der Waals surface area contributed by atoms with Crippen molar-refractivity contribution in [2.24, 2.45) is 0 Å². The van der Waals surface area contributed by atoms with Gasteiger partial charge in [0, 0.05) is 11.4 Å². The zero-order valence-corrected chi connectivity index (χ0v) is 12.3. The SMILES string of the molecule is CC(C)(C)OC(=O)/C=C/c1ccc(F)cc1CBr. The molecule has 0 saturated heterocycles. The molecule has 0 aliphatic heterocycles. The second-order valence-electron chi connectivity index (χ2n) is 4.84. The number of alkyl halides is 1. The van der Waals surface area contributed by atoms with Gasteiger partial charge in [-0.25, -0.2) is 9.18 Å². The van der Waals surface area contributed by atoms with Gasteiger partial charge in [-0.3, -0.25) is 0 Å². The van der Waals surface area contributed by atoms with Crippen LogP contribution in [0.1, 0.15) is 31.9 Å². The molecule has 0 aromatic heterocycles. The Bertz CT molecular complexity index is 461. The minimum absolute atomic E-state index is 0.293. The molecule has 0 N–H and O–H groups in total. The van der Waals surface area contributed by atoms with Crippen LogP contribution in [-0.2, 0) is 14.9 Å². The fourth-order valence-corrected chi connectivity index (χ4v) is 1.83. The topological polar surface area (TPSA) is 26.3 Å². The van der Waals surface area contributed by atoms with E-state index in [-0.39, 0.29) is 5.82 Å². The Morgan fingerprint density at radius 3 is 2.67 bits per heavy atom. The normalized spacial score (nSPS) is 11.8. The zero-order valence-electron chi connectivity index (χ0n) is 10.7. The number of rotatable bonds is 3. The van der Waals surface area contributed by atoms with E-state index in [1.165, 1.54) is 18.2 Å². The maximum Gasteiger partial charge on any atom is 0.331 e. The van der Waals surface area contributed by atoms with Crippen LogP contribution in [0.2, 0.25) is 0 Å². The fourth-order valence-electron chi connectivity index (χ4n) is 1.35. The molecule has 1 rings (SSSR count). The molecule has 18 heavy (non-hydrogen) atoms. The van der Waals surface area contributed by atoms with Gasteiger partial charge in [0.1, 0.15) is 11.4 Å². The van der Waals surface area contributed by atoms with E-state index in [0.717, 1.165) is 11.1 Å². The second-order valence-corrected chi connectivity index (χ2v) is 5.40. The molecule has 0 atom stereocenters. The van der Waals surface area contributed by atoms with Gasteiger partial charge < -0.3 is 4.74 Å². The van der Waals surface area contributed by atoms with Crippen molar-refractivity contribution in [3.8, 4) is 0 Å². The van der Waals surface area contributed by atoms with Gasteiger partial charge in [0.15, 0.2) is 0 Å². The van der Waals surface area contributed by atoms with Crippen LogP contribution in [0.3, 0.4) is 0 Å². The lowest BCUT2D eigenvalue weighted by Crippen LogP contribution is -2.22. The van der Waals surface area contributed by atoms with Crippen molar-refractivity contribution in [2.75, 3.05) is 0 Å². The van der Waals surface area contributed by atoms with E-state index in [9.17, 15) is 9.18 Å². The number of carbonyl (C=O) groups is 1. The number of esters is 1. The average molecular weight is 315 g/mol. The summed E-state index contributed by atoms with van der Waals surface area (Å²) in [6.07, 6.45) is 2.98. The van der Waals surface area contributed by atoms with E-state index in [0.29, 0.717) is 5.33 Å². The highest BCUT2D eigenvalue weighted by atomic mass is 79.9. The summed E-state index contributed by atoms with van der Waals surface area (Å²) < 4.78 is 18.2. The molecule has 0 bridgehead atoms. The monoisotopic (exact) mass is 314 g/mol. The van der Waals surface area contributed by atoms with Gasteiger partial charge in [-0.05, 0) is 50.1 Å². The molecule has 0 radical (unpaired) electrons. The smallest absolute Gasteiger partial charge is 0.331 e. The van der Waals surface area contributed by atoms with Crippen molar-refractivity contribution < 1.29 is 13.9 Å². The molecule has 4 heteroatoms. The first-order valence-electron chi connectivity index (χ1n) is 5.57. The van der Waals surface area contributed by atoms with Crippen molar-refractivity contribution in [3.63, 3.8) is 0 Å². The molecule has 98 valence electrons. The highest BCUT2D eigenvalue weighted by Crippen LogP contribution is 2.16. The van der Waals surface area contributed by atoms with Gasteiger partial charge in [-0.2, -0.15) is 0 Å². The maximum atomic E-state index is 13.0. The molecule has 0 aliphatic carbocycles. The fraction of sp³-hybridized carbons (Fsp3) is 0.357. The first-order valence-corrected chi connectivity index (χ1v) is 6.69. The molecule has 0 heterocycles. The number of carbonyl (C=O) groups excluding carboxylic acids is 1. The van der Waals surface area contributed by atoms with Crippen molar-refractivity contribution in [2.45, 2.75) is 31.7 Å². The molecule has 1 aromatic rings. The van der Waals surface area contributed by atoms with Gasteiger partial charge in [0.2, 0.25) is 0 Å². The molecule has 0 unspecified atom stereocenters. The molecule has 0 saturated carbocycles. The molecular formula is C14H16BrFO2. The van der Waals surface area contributed by atoms with E-state index in [2.05, 4.69) is 15.9 Å². The molecule has 1 aromatic carbocycles. The van der Waals surface area contributed by atoms with Gasteiger partial charge in [0.05, 0.1) is 0 Å². The predicted molar refractivity (Wildman–Crippen MR) is 73.9 cm³/mol. The Morgan fingerprint density at radius 1 is 1.44 bits per heavy atom. The summed E-state index contributed by atoms with van der Waals surface area (Å²) in [4.78, 5) is 11.5. The van der Waals surface area contributed by atoms with Gasteiger partial charge in [0.25, 0.3) is 0 Å². The van der Waals surface area contributed by atoms with Crippen molar-refractivity contribution in [1.29, 1.82) is 0 Å². The summed E-state index contributed by atoms with van der Waals surface area (Å²) in [6.45, 7) is 5.42. The second kappa shape index (κ2) is 6.14. The standard InChI is InChI=1S/C14H16BrFO2/c1-14(2,3)18-13(17)7-5-10-4-6-12(16)8-11(10)9-15/h4-8H,9H2,1-3H3/b7-5+. The molecule has 2 nitrogen and oxygen atoms in total. The zero-order chi connectivity index (χ0) is 13.8. The lowest BCUT2D eigenvalue weighted by atomic mass is 10.1. The van der Waals surface area contributed by atoms with Crippen molar-refractivity contribution in [1.82, 2.24) is 0 Å². The Kier molecular flexibility index (Phi) is 5.08. The highest BCUT2D eigenvalue weighted by molar-refractivity contribution is 9.08.